The quantitative estimate of drug-likeness (QED) is 0.271. The maximum atomic E-state index is 6.73. The molecule has 0 spiro atoms. The molecule has 0 bridgehead atoms. The first-order valence-corrected chi connectivity index (χ1v) is 14.6. The minimum atomic E-state index is -0.185. The summed E-state index contributed by atoms with van der Waals surface area (Å²) in [5, 5.41) is 14.1. The first kappa shape index (κ1) is 24.7. The number of ether oxygens (including phenoxy) is 1. The molecule has 0 amide bonds. The second-order valence-electron chi connectivity index (χ2n) is 11.3. The second kappa shape index (κ2) is 9.95. The highest BCUT2D eigenvalue weighted by molar-refractivity contribution is 7.98. The van der Waals surface area contributed by atoms with E-state index in [2.05, 4.69) is 60.6 Å². The van der Waals surface area contributed by atoms with E-state index in [0.717, 1.165) is 34.7 Å². The van der Waals surface area contributed by atoms with Gasteiger partial charge in [0, 0.05) is 27.9 Å². The van der Waals surface area contributed by atoms with Crippen LogP contribution in [-0.2, 0) is 5.75 Å². The third kappa shape index (κ3) is 4.86. The van der Waals surface area contributed by atoms with Crippen LogP contribution in [0, 0.1) is 23.2 Å². The molecule has 0 saturated heterocycles. The number of hydrogen-bond donors (Lipinski definition) is 1. The Labute approximate surface area is 228 Å². The van der Waals surface area contributed by atoms with Gasteiger partial charge in [-0.1, -0.05) is 92.2 Å². The van der Waals surface area contributed by atoms with Crippen molar-refractivity contribution < 1.29 is 4.74 Å². The number of para-hydroxylation sites is 1. The number of rotatable bonds is 4. The summed E-state index contributed by atoms with van der Waals surface area (Å²) < 4.78 is 6.73. The van der Waals surface area contributed by atoms with Crippen LogP contribution in [-0.4, -0.2) is 21.4 Å². The van der Waals surface area contributed by atoms with E-state index in [9.17, 15) is 0 Å². The fraction of sp³-hybridized carbons (Fsp3) is 0.433. The summed E-state index contributed by atoms with van der Waals surface area (Å²) in [6.07, 6.45) is 7.02. The van der Waals surface area contributed by atoms with Crippen molar-refractivity contribution in [2.45, 2.75) is 63.6 Å². The van der Waals surface area contributed by atoms with Crippen molar-refractivity contribution in [3.63, 3.8) is 0 Å². The van der Waals surface area contributed by atoms with Gasteiger partial charge in [-0.2, -0.15) is 4.98 Å². The van der Waals surface area contributed by atoms with Gasteiger partial charge in [0.15, 0.2) is 11.9 Å². The Kier molecular flexibility index (Phi) is 6.66. The van der Waals surface area contributed by atoms with Gasteiger partial charge in [-0.15, -0.1) is 10.2 Å². The molecule has 1 fully saturated rings. The van der Waals surface area contributed by atoms with Crippen molar-refractivity contribution in [3.05, 3.63) is 70.8 Å². The van der Waals surface area contributed by atoms with Gasteiger partial charge in [-0.05, 0) is 60.6 Å². The smallest absolute Gasteiger partial charge is 0.247 e. The molecular formula is C30H33ClN4OS. The van der Waals surface area contributed by atoms with Gasteiger partial charge in [0.2, 0.25) is 11.0 Å². The average molecular weight is 533 g/mol. The lowest BCUT2D eigenvalue weighted by atomic mass is 9.59. The molecule has 7 heteroatoms. The molecule has 2 heterocycles. The lowest BCUT2D eigenvalue weighted by molar-refractivity contribution is 0.0519. The lowest BCUT2D eigenvalue weighted by Crippen LogP contribution is -2.45. The van der Waals surface area contributed by atoms with Gasteiger partial charge in [0.1, 0.15) is 0 Å². The molecule has 0 radical (unpaired) electrons. The van der Waals surface area contributed by atoms with Crippen LogP contribution in [0.1, 0.15) is 52.0 Å². The Morgan fingerprint density at radius 3 is 2.78 bits per heavy atom. The third-order valence-electron chi connectivity index (χ3n) is 8.44. The zero-order valence-electron chi connectivity index (χ0n) is 21.6. The standard InChI is InChI=1S/C30H33ClN4OS/c1-18-15-19-10-8-14-30(2,3)23(19)16-22(18)27-32-25-13-7-5-11-21(25)26-28(36-27)33-29(35-34-26)37-17-20-9-4-6-12-24(20)31/h4-7,9-13,18,22-23,27,32H,8,14-17H2,1-3H3/t18-,22+,23+,27-/m1/s1. The van der Waals surface area contributed by atoms with Crippen LogP contribution in [0.4, 0.5) is 5.69 Å². The summed E-state index contributed by atoms with van der Waals surface area (Å²) in [4.78, 5) is 4.87. The van der Waals surface area contributed by atoms with Crippen LogP contribution in [0.3, 0.4) is 0 Å². The maximum absolute atomic E-state index is 6.73. The number of halogens is 1. The molecule has 2 aliphatic carbocycles. The van der Waals surface area contributed by atoms with Crippen molar-refractivity contribution in [1.29, 1.82) is 0 Å². The van der Waals surface area contributed by atoms with E-state index < -0.39 is 0 Å². The zero-order valence-corrected chi connectivity index (χ0v) is 23.1. The number of hydrogen-bond acceptors (Lipinski definition) is 6. The van der Waals surface area contributed by atoms with Crippen LogP contribution in [0.5, 0.6) is 5.88 Å². The van der Waals surface area contributed by atoms with Gasteiger partial charge >= 0.3 is 0 Å². The molecule has 5 nitrogen and oxygen atoms in total. The van der Waals surface area contributed by atoms with Gasteiger partial charge in [0.25, 0.3) is 0 Å². The van der Waals surface area contributed by atoms with Gasteiger partial charge < -0.3 is 10.1 Å². The molecule has 1 aromatic heterocycles. The Morgan fingerprint density at radius 1 is 1.11 bits per heavy atom. The minimum Gasteiger partial charge on any atom is -0.452 e. The fourth-order valence-corrected chi connectivity index (χ4v) is 7.34. The number of anilines is 1. The Morgan fingerprint density at radius 2 is 1.92 bits per heavy atom. The van der Waals surface area contributed by atoms with E-state index in [0.29, 0.717) is 45.7 Å². The molecule has 2 aromatic carbocycles. The Hall–Kier alpha value is -2.57. The topological polar surface area (TPSA) is 59.9 Å². The largest absolute Gasteiger partial charge is 0.452 e. The SMILES string of the molecule is C[C@@H]1CC2=CCCC(C)(C)[C@H]2C[C@@H]1[C@@H]1Nc2ccccc2-c2nnc(SCc3ccccc3Cl)nc2O1. The highest BCUT2D eigenvalue weighted by atomic mass is 35.5. The minimum absolute atomic E-state index is 0.185. The van der Waals surface area contributed by atoms with Crippen LogP contribution < -0.4 is 10.1 Å². The molecule has 37 heavy (non-hydrogen) atoms. The van der Waals surface area contributed by atoms with Crippen LogP contribution in [0.15, 0.2) is 65.3 Å². The van der Waals surface area contributed by atoms with Crippen molar-refractivity contribution in [2.75, 3.05) is 5.32 Å². The molecule has 3 aromatic rings. The summed E-state index contributed by atoms with van der Waals surface area (Å²) in [7, 11) is 0. The van der Waals surface area contributed by atoms with E-state index in [1.165, 1.54) is 24.6 Å². The summed E-state index contributed by atoms with van der Waals surface area (Å²) in [5.74, 6) is 2.68. The molecule has 4 atom stereocenters. The Balaban J connectivity index is 1.31. The predicted molar refractivity (Wildman–Crippen MR) is 151 cm³/mol. The van der Waals surface area contributed by atoms with E-state index in [-0.39, 0.29) is 6.23 Å². The van der Waals surface area contributed by atoms with Gasteiger partial charge in [0.05, 0.1) is 0 Å². The van der Waals surface area contributed by atoms with Gasteiger partial charge in [-0.3, -0.25) is 0 Å². The molecule has 3 aliphatic rings. The number of nitrogens with one attached hydrogen (secondary N) is 1. The van der Waals surface area contributed by atoms with Crippen molar-refractivity contribution >= 4 is 29.1 Å². The lowest BCUT2D eigenvalue weighted by Gasteiger charge is -2.48. The van der Waals surface area contributed by atoms with Gasteiger partial charge in [-0.25, -0.2) is 0 Å². The first-order chi connectivity index (χ1) is 17.9. The number of allylic oxidation sites excluding steroid dienone is 2. The molecule has 192 valence electrons. The highest BCUT2D eigenvalue weighted by Gasteiger charge is 2.44. The number of fused-ring (bicyclic) bond motifs is 4. The van der Waals surface area contributed by atoms with E-state index in [1.807, 2.05) is 30.3 Å². The fourth-order valence-electron chi connectivity index (χ4n) is 6.27. The van der Waals surface area contributed by atoms with Crippen molar-refractivity contribution in [2.24, 2.45) is 23.2 Å². The highest BCUT2D eigenvalue weighted by Crippen LogP contribution is 2.52. The van der Waals surface area contributed by atoms with E-state index >= 15 is 0 Å². The summed E-state index contributed by atoms with van der Waals surface area (Å²) in [6, 6.07) is 16.1. The Bertz CT molecular complexity index is 1340. The number of nitrogens with zero attached hydrogens (tertiary/aromatic N) is 3. The maximum Gasteiger partial charge on any atom is 0.247 e. The normalized spacial score (nSPS) is 25.9. The zero-order chi connectivity index (χ0) is 25.6. The van der Waals surface area contributed by atoms with Crippen LogP contribution in [0.25, 0.3) is 11.3 Å². The van der Waals surface area contributed by atoms with E-state index in [1.54, 1.807) is 5.57 Å². The molecule has 1 N–H and O–H groups in total. The molecule has 0 unspecified atom stereocenters. The summed E-state index contributed by atoms with van der Waals surface area (Å²) in [6.45, 7) is 7.24. The summed E-state index contributed by atoms with van der Waals surface area (Å²) in [5.41, 5.74) is 5.70. The van der Waals surface area contributed by atoms with Crippen molar-refractivity contribution in [3.8, 4) is 17.1 Å². The van der Waals surface area contributed by atoms with Crippen LogP contribution in [0.2, 0.25) is 5.02 Å². The summed E-state index contributed by atoms with van der Waals surface area (Å²) >= 11 is 7.89. The van der Waals surface area contributed by atoms with E-state index in [4.69, 9.17) is 21.3 Å². The number of thioether (sulfide) groups is 1. The average Bonchev–Trinajstić information content (AvgIpc) is 3.04. The number of aromatic nitrogens is 3. The number of benzene rings is 2. The third-order valence-corrected chi connectivity index (χ3v) is 9.70. The second-order valence-corrected chi connectivity index (χ2v) is 12.6. The van der Waals surface area contributed by atoms with Crippen LogP contribution >= 0.6 is 23.4 Å². The molecule has 1 saturated carbocycles. The molecule has 6 rings (SSSR count). The monoisotopic (exact) mass is 532 g/mol. The first-order valence-electron chi connectivity index (χ1n) is 13.2. The van der Waals surface area contributed by atoms with Crippen molar-refractivity contribution in [1.82, 2.24) is 15.2 Å². The molecule has 1 aliphatic heterocycles. The predicted octanol–water partition coefficient (Wildman–Crippen LogP) is 8.02. The molecular weight excluding hydrogens is 500 g/mol.